The standard InChI is InChI=1S/C23H22BrN5O3/c1-32-19-13-16(8-11-18(19)28-12-2-3-20(28)30)25-23(31)21-22(14-4-5-14)29(27-26-21)17-9-6-15(24)7-10-17/h6-11,13-14H,2-5,12H2,1H3,(H,25,31). The number of ether oxygens (including phenoxy) is 1. The lowest BCUT2D eigenvalue weighted by Crippen LogP contribution is -2.24. The Morgan fingerprint density at radius 1 is 1.19 bits per heavy atom. The Bertz CT molecular complexity index is 1190. The fourth-order valence-corrected chi connectivity index (χ4v) is 4.28. The highest BCUT2D eigenvalue weighted by Crippen LogP contribution is 2.42. The van der Waals surface area contributed by atoms with Crippen molar-refractivity contribution in [2.45, 2.75) is 31.6 Å². The first-order chi connectivity index (χ1) is 15.5. The number of hydrogen-bond acceptors (Lipinski definition) is 5. The number of anilines is 2. The Hall–Kier alpha value is -3.20. The lowest BCUT2D eigenvalue weighted by atomic mass is 10.2. The van der Waals surface area contributed by atoms with Gasteiger partial charge in [-0.15, -0.1) is 5.10 Å². The fraction of sp³-hybridized carbons (Fsp3) is 0.304. The molecule has 3 aromatic rings. The SMILES string of the molecule is COc1cc(NC(=O)c2nnn(-c3ccc(Br)cc3)c2C2CC2)ccc1N1CCCC1=O. The monoisotopic (exact) mass is 495 g/mol. The predicted molar refractivity (Wildman–Crippen MR) is 124 cm³/mol. The molecule has 2 heterocycles. The number of nitrogens with one attached hydrogen (secondary N) is 1. The van der Waals surface area contributed by atoms with E-state index in [2.05, 4.69) is 31.6 Å². The van der Waals surface area contributed by atoms with Crippen LogP contribution in [-0.2, 0) is 4.79 Å². The van der Waals surface area contributed by atoms with E-state index in [-0.39, 0.29) is 17.7 Å². The van der Waals surface area contributed by atoms with Gasteiger partial charge in [-0.3, -0.25) is 9.59 Å². The third-order valence-electron chi connectivity index (χ3n) is 5.76. The van der Waals surface area contributed by atoms with Crippen LogP contribution in [0.1, 0.15) is 47.8 Å². The molecular formula is C23H22BrN5O3. The molecule has 8 nitrogen and oxygen atoms in total. The van der Waals surface area contributed by atoms with E-state index in [4.69, 9.17) is 4.74 Å². The number of rotatable bonds is 6. The van der Waals surface area contributed by atoms with Gasteiger partial charge in [-0.1, -0.05) is 21.1 Å². The van der Waals surface area contributed by atoms with Crippen molar-refractivity contribution >= 4 is 39.1 Å². The Balaban J connectivity index is 1.42. The van der Waals surface area contributed by atoms with Crippen LogP contribution in [-0.4, -0.2) is 40.5 Å². The maximum Gasteiger partial charge on any atom is 0.278 e. The molecule has 32 heavy (non-hydrogen) atoms. The highest BCUT2D eigenvalue weighted by molar-refractivity contribution is 9.10. The molecule has 2 fully saturated rings. The van der Waals surface area contributed by atoms with Gasteiger partial charge in [0.15, 0.2) is 5.69 Å². The van der Waals surface area contributed by atoms with E-state index in [0.717, 1.165) is 35.1 Å². The van der Waals surface area contributed by atoms with Crippen molar-refractivity contribution in [3.05, 3.63) is 58.3 Å². The smallest absolute Gasteiger partial charge is 0.278 e. The molecule has 1 saturated heterocycles. The van der Waals surface area contributed by atoms with Crippen LogP contribution in [0.5, 0.6) is 5.75 Å². The fourth-order valence-electron chi connectivity index (χ4n) is 4.02. The van der Waals surface area contributed by atoms with E-state index in [0.29, 0.717) is 35.8 Å². The number of methoxy groups -OCH3 is 1. The van der Waals surface area contributed by atoms with Gasteiger partial charge in [0.05, 0.1) is 24.2 Å². The molecule has 2 aromatic carbocycles. The molecule has 2 amide bonds. The summed E-state index contributed by atoms with van der Waals surface area (Å²) < 4.78 is 8.22. The topological polar surface area (TPSA) is 89.3 Å². The zero-order valence-electron chi connectivity index (χ0n) is 17.5. The Morgan fingerprint density at radius 3 is 2.62 bits per heavy atom. The van der Waals surface area contributed by atoms with Crippen LogP contribution < -0.4 is 15.0 Å². The molecule has 2 aliphatic rings. The summed E-state index contributed by atoms with van der Waals surface area (Å²) in [6.07, 6.45) is 3.39. The highest BCUT2D eigenvalue weighted by atomic mass is 79.9. The quantitative estimate of drug-likeness (QED) is 0.550. The van der Waals surface area contributed by atoms with E-state index < -0.39 is 0 Å². The number of nitrogens with zero attached hydrogens (tertiary/aromatic N) is 4. The number of benzene rings is 2. The van der Waals surface area contributed by atoms with Crippen LogP contribution in [0.25, 0.3) is 5.69 Å². The summed E-state index contributed by atoms with van der Waals surface area (Å²) in [7, 11) is 1.56. The Labute approximate surface area is 193 Å². The number of hydrogen-bond donors (Lipinski definition) is 1. The van der Waals surface area contributed by atoms with Gasteiger partial charge in [0, 0.05) is 35.1 Å². The Morgan fingerprint density at radius 2 is 1.97 bits per heavy atom. The normalized spacial score (nSPS) is 15.8. The van der Waals surface area contributed by atoms with Gasteiger partial charge in [-0.05, 0) is 55.7 Å². The third kappa shape index (κ3) is 3.88. The summed E-state index contributed by atoms with van der Waals surface area (Å²) in [5.41, 5.74) is 3.31. The summed E-state index contributed by atoms with van der Waals surface area (Å²) in [5.74, 6) is 0.576. The number of halogens is 1. The maximum absolute atomic E-state index is 13.1. The minimum absolute atomic E-state index is 0.0821. The molecular weight excluding hydrogens is 474 g/mol. The first kappa shape index (κ1) is 20.7. The highest BCUT2D eigenvalue weighted by Gasteiger charge is 2.34. The molecule has 1 aliphatic heterocycles. The average Bonchev–Trinajstić information content (AvgIpc) is 3.39. The van der Waals surface area contributed by atoms with Gasteiger partial charge in [0.2, 0.25) is 5.91 Å². The van der Waals surface area contributed by atoms with Gasteiger partial charge < -0.3 is 15.0 Å². The maximum atomic E-state index is 13.1. The van der Waals surface area contributed by atoms with Crippen molar-refractivity contribution in [2.24, 2.45) is 0 Å². The summed E-state index contributed by atoms with van der Waals surface area (Å²) in [5, 5.41) is 11.4. The molecule has 1 aliphatic carbocycles. The lowest BCUT2D eigenvalue weighted by molar-refractivity contribution is -0.117. The summed E-state index contributed by atoms with van der Waals surface area (Å²) in [6.45, 7) is 0.671. The molecule has 9 heteroatoms. The molecule has 0 atom stereocenters. The van der Waals surface area contributed by atoms with Crippen LogP contribution in [0.3, 0.4) is 0 Å². The third-order valence-corrected chi connectivity index (χ3v) is 6.29. The van der Waals surface area contributed by atoms with Crippen molar-refractivity contribution in [3.63, 3.8) is 0 Å². The minimum atomic E-state index is -0.317. The molecule has 1 N–H and O–H groups in total. The van der Waals surface area contributed by atoms with Crippen molar-refractivity contribution in [1.82, 2.24) is 15.0 Å². The van der Waals surface area contributed by atoms with Gasteiger partial charge in [-0.25, -0.2) is 4.68 Å². The zero-order valence-corrected chi connectivity index (χ0v) is 19.1. The zero-order chi connectivity index (χ0) is 22.2. The van der Waals surface area contributed by atoms with Crippen LogP contribution in [0.2, 0.25) is 0 Å². The van der Waals surface area contributed by atoms with Gasteiger partial charge in [-0.2, -0.15) is 0 Å². The van der Waals surface area contributed by atoms with Crippen molar-refractivity contribution in [2.75, 3.05) is 23.9 Å². The molecule has 0 bridgehead atoms. The summed E-state index contributed by atoms with van der Waals surface area (Å²) in [6, 6.07) is 13.1. The second kappa shape index (κ2) is 8.38. The molecule has 0 unspecified atom stereocenters. The molecule has 1 saturated carbocycles. The Kier molecular flexibility index (Phi) is 5.42. The van der Waals surface area contributed by atoms with Crippen LogP contribution >= 0.6 is 15.9 Å². The summed E-state index contributed by atoms with van der Waals surface area (Å²) >= 11 is 3.44. The van der Waals surface area contributed by atoms with Crippen molar-refractivity contribution in [3.8, 4) is 11.4 Å². The van der Waals surface area contributed by atoms with E-state index >= 15 is 0 Å². The first-order valence-corrected chi connectivity index (χ1v) is 11.4. The van der Waals surface area contributed by atoms with Crippen molar-refractivity contribution < 1.29 is 14.3 Å². The molecule has 164 valence electrons. The molecule has 1 aromatic heterocycles. The van der Waals surface area contributed by atoms with E-state index in [1.807, 2.05) is 24.3 Å². The number of carbonyl (C=O) groups excluding carboxylic acids is 2. The van der Waals surface area contributed by atoms with E-state index in [9.17, 15) is 9.59 Å². The second-order valence-corrected chi connectivity index (χ2v) is 8.89. The molecule has 0 spiro atoms. The average molecular weight is 496 g/mol. The van der Waals surface area contributed by atoms with Gasteiger partial charge in [0.1, 0.15) is 5.75 Å². The van der Waals surface area contributed by atoms with Crippen LogP contribution in [0, 0.1) is 0 Å². The predicted octanol–water partition coefficient (Wildman–Crippen LogP) is 4.29. The number of carbonyl (C=O) groups is 2. The molecule has 0 radical (unpaired) electrons. The number of amides is 2. The molecule has 5 rings (SSSR count). The van der Waals surface area contributed by atoms with Gasteiger partial charge in [0.25, 0.3) is 5.91 Å². The first-order valence-electron chi connectivity index (χ1n) is 10.6. The van der Waals surface area contributed by atoms with Crippen LogP contribution in [0.4, 0.5) is 11.4 Å². The van der Waals surface area contributed by atoms with E-state index in [1.54, 1.807) is 34.9 Å². The largest absolute Gasteiger partial charge is 0.494 e. The lowest BCUT2D eigenvalue weighted by Gasteiger charge is -2.19. The van der Waals surface area contributed by atoms with Crippen LogP contribution in [0.15, 0.2) is 46.9 Å². The minimum Gasteiger partial charge on any atom is -0.494 e. The summed E-state index contributed by atoms with van der Waals surface area (Å²) in [4.78, 5) is 27.0. The number of aromatic nitrogens is 3. The van der Waals surface area contributed by atoms with Crippen molar-refractivity contribution in [1.29, 1.82) is 0 Å². The van der Waals surface area contributed by atoms with E-state index in [1.165, 1.54) is 0 Å². The van der Waals surface area contributed by atoms with Gasteiger partial charge >= 0.3 is 0 Å². The second-order valence-electron chi connectivity index (χ2n) is 7.98.